The summed E-state index contributed by atoms with van der Waals surface area (Å²) >= 11 is 0. The Balaban J connectivity index is 1.53. The highest BCUT2D eigenvalue weighted by atomic mass is 16.5. The monoisotopic (exact) mass is 446 g/mol. The van der Waals surface area contributed by atoms with Gasteiger partial charge in [0.25, 0.3) is 5.91 Å². The molecule has 5 rings (SSSR count). The van der Waals surface area contributed by atoms with E-state index in [1.807, 2.05) is 17.0 Å². The molecule has 1 unspecified atom stereocenters. The van der Waals surface area contributed by atoms with E-state index < -0.39 is 5.91 Å². The molecule has 1 fully saturated rings. The highest BCUT2D eigenvalue weighted by Gasteiger charge is 2.34. The summed E-state index contributed by atoms with van der Waals surface area (Å²) in [6, 6.07) is 19.1. The number of carbonyl (C=O) groups is 2. The van der Waals surface area contributed by atoms with Gasteiger partial charge in [-0.1, -0.05) is 42.5 Å². The number of ether oxygens (including phenoxy) is 2. The molecule has 2 amide bonds. The quantitative estimate of drug-likeness (QED) is 0.471. The molecule has 0 aromatic heterocycles. The maximum Gasteiger partial charge on any atom is 0.274 e. The fourth-order valence-corrected chi connectivity index (χ4v) is 4.68. The fourth-order valence-electron chi connectivity index (χ4n) is 4.68. The second-order valence-corrected chi connectivity index (χ2v) is 8.55. The number of benzene rings is 3. The van der Waals surface area contributed by atoms with Crippen LogP contribution in [0, 0.1) is 5.92 Å². The summed E-state index contributed by atoms with van der Waals surface area (Å²) in [5.41, 5.74) is 3.79. The average molecular weight is 447 g/mol. The second kappa shape index (κ2) is 9.21. The van der Waals surface area contributed by atoms with Crippen molar-refractivity contribution >= 4 is 22.6 Å². The average Bonchev–Trinajstić information content (AvgIpc) is 3.07. The van der Waals surface area contributed by atoms with E-state index in [2.05, 4.69) is 30.3 Å². The van der Waals surface area contributed by atoms with Crippen LogP contribution in [0.15, 0.2) is 60.7 Å². The van der Waals surface area contributed by atoms with E-state index in [0.29, 0.717) is 43.9 Å². The van der Waals surface area contributed by atoms with Crippen LogP contribution in [0.3, 0.4) is 0 Å². The third-order valence-corrected chi connectivity index (χ3v) is 6.56. The predicted molar refractivity (Wildman–Crippen MR) is 122 cm³/mol. The van der Waals surface area contributed by atoms with E-state index in [1.54, 1.807) is 23.7 Å². The van der Waals surface area contributed by atoms with Gasteiger partial charge in [0.1, 0.15) is 12.4 Å². The number of carbonyl (C=O) groups excluding carboxylic acids is 2. The first-order valence-corrected chi connectivity index (χ1v) is 11.2. The third-order valence-electron chi connectivity index (χ3n) is 6.56. The van der Waals surface area contributed by atoms with Crippen molar-refractivity contribution in [3.05, 3.63) is 77.4 Å². The fraction of sp³-hybridized carbons (Fsp3) is 0.308. The molecule has 2 N–H and O–H groups in total. The van der Waals surface area contributed by atoms with Gasteiger partial charge in [-0.15, -0.1) is 0 Å². The Morgan fingerprint density at radius 3 is 2.55 bits per heavy atom. The second-order valence-electron chi connectivity index (χ2n) is 8.55. The number of nitrogens with one attached hydrogen (secondary N) is 1. The molecule has 3 aromatic rings. The minimum atomic E-state index is -0.605. The molecule has 170 valence electrons. The van der Waals surface area contributed by atoms with Crippen molar-refractivity contribution < 1.29 is 24.3 Å². The highest BCUT2D eigenvalue weighted by molar-refractivity contribution is 5.94. The van der Waals surface area contributed by atoms with E-state index in [9.17, 15) is 9.59 Å². The molecule has 2 aliphatic heterocycles. The Morgan fingerprint density at radius 2 is 1.76 bits per heavy atom. The number of nitrogens with zero attached hydrogens (tertiary/aromatic N) is 1. The van der Waals surface area contributed by atoms with Gasteiger partial charge in [-0.25, -0.2) is 5.48 Å². The summed E-state index contributed by atoms with van der Waals surface area (Å²) in [6.07, 6.45) is 1.42. The molecule has 7 nitrogen and oxygen atoms in total. The van der Waals surface area contributed by atoms with Gasteiger partial charge in [0.2, 0.25) is 5.91 Å². The third kappa shape index (κ3) is 4.29. The predicted octanol–water partition coefficient (Wildman–Crippen LogP) is 3.85. The Morgan fingerprint density at radius 1 is 0.970 bits per heavy atom. The lowest BCUT2D eigenvalue weighted by molar-refractivity contribution is -0.142. The molecule has 2 heterocycles. The van der Waals surface area contributed by atoms with Crippen molar-refractivity contribution in [2.24, 2.45) is 5.92 Å². The van der Waals surface area contributed by atoms with E-state index >= 15 is 0 Å². The maximum absolute atomic E-state index is 13.7. The van der Waals surface area contributed by atoms with E-state index in [0.717, 1.165) is 21.9 Å². The van der Waals surface area contributed by atoms with E-state index in [1.165, 1.54) is 0 Å². The molecule has 7 heteroatoms. The number of rotatable bonds is 3. The maximum atomic E-state index is 13.7. The van der Waals surface area contributed by atoms with Gasteiger partial charge in [-0.05, 0) is 47.4 Å². The summed E-state index contributed by atoms with van der Waals surface area (Å²) in [5, 5.41) is 11.2. The minimum absolute atomic E-state index is 0.0808. The number of amides is 2. The van der Waals surface area contributed by atoms with Crippen LogP contribution in [-0.2, 0) is 16.1 Å². The van der Waals surface area contributed by atoms with Gasteiger partial charge in [-0.3, -0.25) is 14.8 Å². The van der Waals surface area contributed by atoms with Crippen LogP contribution in [-0.4, -0.2) is 41.7 Å². The van der Waals surface area contributed by atoms with Crippen molar-refractivity contribution in [2.45, 2.75) is 25.4 Å². The van der Waals surface area contributed by atoms with Crippen molar-refractivity contribution in [3.8, 4) is 5.75 Å². The number of hydroxylamine groups is 1. The highest BCUT2D eigenvalue weighted by Crippen LogP contribution is 2.35. The van der Waals surface area contributed by atoms with Crippen molar-refractivity contribution in [1.29, 1.82) is 0 Å². The lowest BCUT2D eigenvalue weighted by atomic mass is 9.95. The van der Waals surface area contributed by atoms with Gasteiger partial charge < -0.3 is 14.4 Å². The number of hydrogen-bond acceptors (Lipinski definition) is 5. The lowest BCUT2D eigenvalue weighted by Crippen LogP contribution is -2.41. The lowest BCUT2D eigenvalue weighted by Gasteiger charge is -2.34. The van der Waals surface area contributed by atoms with Crippen LogP contribution < -0.4 is 10.2 Å². The first kappa shape index (κ1) is 21.4. The van der Waals surface area contributed by atoms with Crippen molar-refractivity contribution in [1.82, 2.24) is 10.4 Å². The molecular weight excluding hydrogens is 420 g/mol. The Labute approximate surface area is 191 Å². The number of hydrogen-bond donors (Lipinski definition) is 2. The SMILES string of the molecule is O=C(NO)c1ccc2c(c1)OCC(c1ccc3ccccc3c1)N(C(=O)C1CCOCC1)C2. The zero-order valence-electron chi connectivity index (χ0n) is 18.2. The first-order valence-electron chi connectivity index (χ1n) is 11.2. The van der Waals surface area contributed by atoms with Gasteiger partial charge in [0.05, 0.1) is 12.6 Å². The molecular formula is C26H26N2O5. The molecule has 0 bridgehead atoms. The smallest absolute Gasteiger partial charge is 0.274 e. The van der Waals surface area contributed by atoms with Crippen LogP contribution >= 0.6 is 0 Å². The van der Waals surface area contributed by atoms with E-state index in [-0.39, 0.29) is 24.5 Å². The summed E-state index contributed by atoms with van der Waals surface area (Å²) < 4.78 is 11.6. The molecule has 33 heavy (non-hydrogen) atoms. The van der Waals surface area contributed by atoms with Crippen molar-refractivity contribution in [3.63, 3.8) is 0 Å². The zero-order chi connectivity index (χ0) is 22.8. The Bertz CT molecular complexity index is 1190. The van der Waals surface area contributed by atoms with Crippen LogP contribution in [0.5, 0.6) is 5.75 Å². The summed E-state index contributed by atoms with van der Waals surface area (Å²) in [5.74, 6) is -0.0381. The van der Waals surface area contributed by atoms with Crippen LogP contribution in [0.2, 0.25) is 0 Å². The minimum Gasteiger partial charge on any atom is -0.491 e. The molecule has 0 aliphatic carbocycles. The van der Waals surface area contributed by atoms with Gasteiger partial charge >= 0.3 is 0 Å². The van der Waals surface area contributed by atoms with Crippen molar-refractivity contribution in [2.75, 3.05) is 19.8 Å². The molecule has 0 spiro atoms. The van der Waals surface area contributed by atoms with Gasteiger partial charge in [0, 0.05) is 30.3 Å². The molecule has 1 atom stereocenters. The molecule has 0 radical (unpaired) electrons. The standard InChI is InChI=1S/C26H26N2O5/c29-25(27-31)21-7-8-22-15-28(26(30)18-9-11-32-12-10-18)23(16-33-24(22)14-21)20-6-5-17-3-1-2-4-19(17)13-20/h1-8,13-14,18,23,31H,9-12,15-16H2,(H,27,29). The molecule has 1 saturated heterocycles. The normalized spacial score (nSPS) is 18.8. The Hall–Kier alpha value is -3.42. The first-order chi connectivity index (χ1) is 16.1. The summed E-state index contributed by atoms with van der Waals surface area (Å²) in [6.45, 7) is 1.84. The zero-order valence-corrected chi connectivity index (χ0v) is 18.2. The summed E-state index contributed by atoms with van der Waals surface area (Å²) in [4.78, 5) is 27.5. The molecule has 3 aromatic carbocycles. The van der Waals surface area contributed by atoms with Crippen LogP contribution in [0.1, 0.15) is 40.4 Å². The summed E-state index contributed by atoms with van der Waals surface area (Å²) in [7, 11) is 0. The molecule has 0 saturated carbocycles. The van der Waals surface area contributed by atoms with Crippen LogP contribution in [0.4, 0.5) is 0 Å². The Kier molecular flexibility index (Phi) is 5.98. The number of fused-ring (bicyclic) bond motifs is 2. The molecule has 2 aliphatic rings. The van der Waals surface area contributed by atoms with E-state index in [4.69, 9.17) is 14.7 Å². The van der Waals surface area contributed by atoms with Gasteiger partial charge in [0.15, 0.2) is 0 Å². The van der Waals surface area contributed by atoms with Gasteiger partial charge in [-0.2, -0.15) is 0 Å². The van der Waals surface area contributed by atoms with Crippen LogP contribution in [0.25, 0.3) is 10.8 Å². The topological polar surface area (TPSA) is 88.1 Å². The largest absolute Gasteiger partial charge is 0.491 e.